The van der Waals surface area contributed by atoms with Gasteiger partial charge in [0.15, 0.2) is 12.2 Å². The molecular formula is C24H21ClN2O4. The molecule has 0 atom stereocenters. The number of rotatable bonds is 6. The zero-order chi connectivity index (χ0) is 22.0. The predicted octanol–water partition coefficient (Wildman–Crippen LogP) is 5.79. The molecule has 1 amide bonds. The maximum absolute atomic E-state index is 12.3. The fourth-order valence-corrected chi connectivity index (χ4v) is 3.49. The first kappa shape index (κ1) is 20.8. The maximum atomic E-state index is 12.3. The number of methoxy groups -OCH3 is 1. The minimum absolute atomic E-state index is 0.0870. The standard InChI is InChI=1S/C24H21ClN2O4/c1-14-4-7-20(15(2)10-14)30-13-23(28)26-17-6-9-22-19(12-17)27-24(31-22)16-5-8-21(29-3)18(25)11-16/h4-12H,13H2,1-3H3,(H,26,28). The molecule has 6 nitrogen and oxygen atoms in total. The Morgan fingerprint density at radius 3 is 2.61 bits per heavy atom. The molecule has 0 spiro atoms. The summed E-state index contributed by atoms with van der Waals surface area (Å²) in [6.07, 6.45) is 0. The maximum Gasteiger partial charge on any atom is 0.262 e. The quantitative estimate of drug-likeness (QED) is 0.414. The lowest BCUT2D eigenvalue weighted by atomic mass is 10.1. The number of oxazole rings is 1. The van der Waals surface area contributed by atoms with Gasteiger partial charge in [-0.15, -0.1) is 0 Å². The van der Waals surface area contributed by atoms with E-state index in [9.17, 15) is 4.79 Å². The third-order valence-electron chi connectivity index (χ3n) is 4.76. The molecular weight excluding hydrogens is 416 g/mol. The Balaban J connectivity index is 1.46. The van der Waals surface area contributed by atoms with Crippen molar-refractivity contribution in [3.8, 4) is 23.0 Å². The number of aromatic nitrogens is 1. The predicted molar refractivity (Wildman–Crippen MR) is 121 cm³/mol. The van der Waals surface area contributed by atoms with Crippen molar-refractivity contribution in [1.82, 2.24) is 4.98 Å². The van der Waals surface area contributed by atoms with E-state index in [1.165, 1.54) is 0 Å². The fourth-order valence-electron chi connectivity index (χ4n) is 3.23. The molecule has 31 heavy (non-hydrogen) atoms. The van der Waals surface area contributed by atoms with Gasteiger partial charge < -0.3 is 19.2 Å². The van der Waals surface area contributed by atoms with Crippen LogP contribution >= 0.6 is 11.6 Å². The average Bonchev–Trinajstić information content (AvgIpc) is 3.16. The number of aryl methyl sites for hydroxylation is 2. The number of hydrogen-bond acceptors (Lipinski definition) is 5. The SMILES string of the molecule is COc1ccc(-c2nc3cc(NC(=O)COc4ccc(C)cc4C)ccc3o2)cc1Cl. The molecule has 7 heteroatoms. The number of halogens is 1. The molecule has 0 radical (unpaired) electrons. The highest BCUT2D eigenvalue weighted by molar-refractivity contribution is 6.32. The molecule has 1 aromatic heterocycles. The lowest BCUT2D eigenvalue weighted by molar-refractivity contribution is -0.118. The van der Waals surface area contributed by atoms with Crippen molar-refractivity contribution in [2.75, 3.05) is 19.0 Å². The Kier molecular flexibility index (Phi) is 5.82. The van der Waals surface area contributed by atoms with Crippen LogP contribution < -0.4 is 14.8 Å². The Labute approximate surface area is 184 Å². The highest BCUT2D eigenvalue weighted by Crippen LogP contribution is 2.32. The van der Waals surface area contributed by atoms with Crippen molar-refractivity contribution in [3.63, 3.8) is 0 Å². The molecule has 0 fully saturated rings. The summed E-state index contributed by atoms with van der Waals surface area (Å²) in [5.41, 5.74) is 4.69. The number of amides is 1. The molecule has 0 unspecified atom stereocenters. The van der Waals surface area contributed by atoms with Crippen molar-refractivity contribution in [1.29, 1.82) is 0 Å². The molecule has 4 rings (SSSR count). The number of nitrogens with one attached hydrogen (secondary N) is 1. The first-order valence-electron chi connectivity index (χ1n) is 9.67. The number of fused-ring (bicyclic) bond motifs is 1. The van der Waals surface area contributed by atoms with Crippen LogP contribution in [-0.2, 0) is 4.79 Å². The molecule has 0 saturated heterocycles. The number of benzene rings is 3. The summed E-state index contributed by atoms with van der Waals surface area (Å²) in [6.45, 7) is 3.88. The molecule has 1 N–H and O–H groups in total. The third kappa shape index (κ3) is 4.64. The Bertz CT molecular complexity index is 1270. The van der Waals surface area contributed by atoms with Gasteiger partial charge in [-0.3, -0.25) is 4.79 Å². The van der Waals surface area contributed by atoms with Crippen molar-refractivity contribution in [2.24, 2.45) is 0 Å². The normalized spacial score (nSPS) is 10.8. The van der Waals surface area contributed by atoms with Gasteiger partial charge in [-0.25, -0.2) is 4.98 Å². The highest BCUT2D eigenvalue weighted by atomic mass is 35.5. The average molecular weight is 437 g/mol. The summed E-state index contributed by atoms with van der Waals surface area (Å²) in [5, 5.41) is 3.30. The molecule has 1 heterocycles. The van der Waals surface area contributed by atoms with Gasteiger partial charge in [0.25, 0.3) is 5.91 Å². The van der Waals surface area contributed by atoms with Crippen LogP contribution in [-0.4, -0.2) is 24.6 Å². The first-order valence-corrected chi connectivity index (χ1v) is 10.0. The lowest BCUT2D eigenvalue weighted by Crippen LogP contribution is -2.20. The van der Waals surface area contributed by atoms with Crippen LogP contribution in [0.1, 0.15) is 11.1 Å². The molecule has 0 aliphatic heterocycles. The summed E-state index contributed by atoms with van der Waals surface area (Å²) in [7, 11) is 1.56. The van der Waals surface area contributed by atoms with E-state index < -0.39 is 0 Å². The summed E-state index contributed by atoms with van der Waals surface area (Å²) >= 11 is 6.20. The van der Waals surface area contributed by atoms with Gasteiger partial charge in [0, 0.05) is 11.3 Å². The van der Waals surface area contributed by atoms with E-state index in [-0.39, 0.29) is 12.5 Å². The van der Waals surface area contributed by atoms with Gasteiger partial charge in [-0.05, 0) is 61.9 Å². The number of ether oxygens (including phenoxy) is 2. The van der Waals surface area contributed by atoms with Gasteiger partial charge >= 0.3 is 0 Å². The van der Waals surface area contributed by atoms with E-state index in [1.54, 1.807) is 37.4 Å². The third-order valence-corrected chi connectivity index (χ3v) is 5.05. The van der Waals surface area contributed by atoms with Gasteiger partial charge in [0.05, 0.1) is 12.1 Å². The van der Waals surface area contributed by atoms with Crippen LogP contribution in [0, 0.1) is 13.8 Å². The van der Waals surface area contributed by atoms with Crippen molar-refractivity contribution in [2.45, 2.75) is 13.8 Å². The van der Waals surface area contributed by atoms with Crippen LogP contribution in [0.5, 0.6) is 11.5 Å². The van der Waals surface area contributed by atoms with Crippen LogP contribution in [0.4, 0.5) is 5.69 Å². The summed E-state index contributed by atoms with van der Waals surface area (Å²) in [5.74, 6) is 1.44. The Morgan fingerprint density at radius 2 is 1.87 bits per heavy atom. The number of carbonyl (C=O) groups excluding carboxylic acids is 1. The van der Waals surface area contributed by atoms with Crippen molar-refractivity contribution in [3.05, 3.63) is 70.7 Å². The van der Waals surface area contributed by atoms with E-state index in [0.717, 1.165) is 16.7 Å². The molecule has 0 saturated carbocycles. The van der Waals surface area contributed by atoms with Crippen molar-refractivity contribution >= 4 is 34.3 Å². The largest absolute Gasteiger partial charge is 0.495 e. The molecule has 0 aliphatic carbocycles. The van der Waals surface area contributed by atoms with Gasteiger partial charge in [-0.2, -0.15) is 0 Å². The molecule has 0 aliphatic rings. The summed E-state index contributed by atoms with van der Waals surface area (Å²) < 4.78 is 16.6. The van der Waals surface area contributed by atoms with Crippen molar-refractivity contribution < 1.29 is 18.7 Å². The van der Waals surface area contributed by atoms with E-state index in [1.807, 2.05) is 38.1 Å². The smallest absolute Gasteiger partial charge is 0.262 e. The number of anilines is 1. The number of hydrogen-bond donors (Lipinski definition) is 1. The molecule has 158 valence electrons. The minimum atomic E-state index is -0.259. The van der Waals surface area contributed by atoms with Gasteiger partial charge in [-0.1, -0.05) is 29.3 Å². The number of nitrogens with zero attached hydrogens (tertiary/aromatic N) is 1. The van der Waals surface area contributed by atoms with E-state index in [0.29, 0.717) is 39.2 Å². The van der Waals surface area contributed by atoms with E-state index in [2.05, 4.69) is 10.3 Å². The second-order valence-electron chi connectivity index (χ2n) is 7.16. The molecule has 3 aromatic carbocycles. The van der Waals surface area contributed by atoms with Crippen LogP contribution in [0.2, 0.25) is 5.02 Å². The molecule has 4 aromatic rings. The van der Waals surface area contributed by atoms with E-state index >= 15 is 0 Å². The topological polar surface area (TPSA) is 73.6 Å². The van der Waals surface area contributed by atoms with Gasteiger partial charge in [0.1, 0.15) is 17.0 Å². The second-order valence-corrected chi connectivity index (χ2v) is 7.56. The molecule has 0 bridgehead atoms. The zero-order valence-electron chi connectivity index (χ0n) is 17.4. The lowest BCUT2D eigenvalue weighted by Gasteiger charge is -2.10. The minimum Gasteiger partial charge on any atom is -0.495 e. The monoisotopic (exact) mass is 436 g/mol. The first-order chi connectivity index (χ1) is 14.9. The van der Waals surface area contributed by atoms with Gasteiger partial charge in [0.2, 0.25) is 5.89 Å². The zero-order valence-corrected chi connectivity index (χ0v) is 18.1. The Hall–Kier alpha value is -3.51. The fraction of sp³-hybridized carbons (Fsp3) is 0.167. The second kappa shape index (κ2) is 8.70. The van der Waals surface area contributed by atoms with Crippen LogP contribution in [0.15, 0.2) is 59.0 Å². The van der Waals surface area contributed by atoms with E-state index in [4.69, 9.17) is 25.5 Å². The highest BCUT2D eigenvalue weighted by Gasteiger charge is 2.12. The number of carbonyl (C=O) groups is 1. The Morgan fingerprint density at radius 1 is 1.06 bits per heavy atom. The van der Waals surface area contributed by atoms with Crippen LogP contribution in [0.25, 0.3) is 22.6 Å². The van der Waals surface area contributed by atoms with Crippen LogP contribution in [0.3, 0.4) is 0 Å². The summed E-state index contributed by atoms with van der Waals surface area (Å²) in [4.78, 5) is 16.8. The summed E-state index contributed by atoms with van der Waals surface area (Å²) in [6, 6.07) is 16.4.